The number of fused-ring (bicyclic) bond motifs is 3. The molecule has 4 rings (SSSR count). The first-order valence-electron chi connectivity index (χ1n) is 10.7. The van der Waals surface area contributed by atoms with Crippen LogP contribution in [0.5, 0.6) is 0 Å². The van der Waals surface area contributed by atoms with E-state index in [0.29, 0.717) is 22.9 Å². The van der Waals surface area contributed by atoms with Gasteiger partial charge in [0.05, 0.1) is 0 Å². The largest absolute Gasteiger partial charge is 0.335 e. The van der Waals surface area contributed by atoms with E-state index in [-0.39, 0.29) is 12.1 Å². The maximum Gasteiger partial charge on any atom is 0.319 e. The van der Waals surface area contributed by atoms with Crippen LogP contribution in [-0.4, -0.2) is 24.2 Å². The molecule has 3 aliphatic rings. The lowest BCUT2D eigenvalue weighted by Gasteiger charge is -2.57. The molecule has 1 aromatic rings. The molecule has 4 nitrogen and oxygen atoms in total. The Bertz CT molecular complexity index is 603. The second kappa shape index (κ2) is 8.22. The van der Waals surface area contributed by atoms with Gasteiger partial charge in [-0.3, -0.25) is 0 Å². The number of amides is 2. The number of rotatable bonds is 7. The summed E-state index contributed by atoms with van der Waals surface area (Å²) in [6.45, 7) is 9.03. The monoisotopic (exact) mass is 371 g/mol. The second-order valence-corrected chi connectivity index (χ2v) is 9.48. The summed E-state index contributed by atoms with van der Waals surface area (Å²) in [5.41, 5.74) is 1.76. The average molecular weight is 372 g/mol. The van der Waals surface area contributed by atoms with Crippen molar-refractivity contribution >= 4 is 11.7 Å². The molecular weight excluding hydrogens is 334 g/mol. The number of carbonyl (C=O) groups excluding carboxylic acids is 1. The third kappa shape index (κ3) is 4.84. The van der Waals surface area contributed by atoms with Crippen molar-refractivity contribution in [3.63, 3.8) is 0 Å². The third-order valence-electron chi connectivity index (χ3n) is 7.11. The molecule has 4 heteroatoms. The molecule has 2 atom stereocenters. The summed E-state index contributed by atoms with van der Waals surface area (Å²) in [5, 5.41) is 9.85. The zero-order valence-corrected chi connectivity index (χ0v) is 17.5. The minimum atomic E-state index is -0.0965. The van der Waals surface area contributed by atoms with E-state index in [1.54, 1.807) is 0 Å². The Morgan fingerprint density at radius 3 is 2.11 bits per heavy atom. The second-order valence-electron chi connectivity index (χ2n) is 9.48. The minimum absolute atomic E-state index is 0.0965. The molecule has 0 radical (unpaired) electrons. The molecule has 0 heterocycles. The number of hydrogen-bond acceptors (Lipinski definition) is 2. The standard InChI is InChI=1S/C23H37N3O/c1-17(2)24-19(4)23-13-10-22(11-14-23,12-15-23)16-18(3)25-21(27)26-20-8-6-5-7-9-20/h5-9,17-19,24H,10-16H2,1-4H3,(H2,25,26,27). The summed E-state index contributed by atoms with van der Waals surface area (Å²) < 4.78 is 0. The first-order chi connectivity index (χ1) is 12.8. The normalized spacial score (nSPS) is 29.4. The molecule has 0 aromatic heterocycles. The van der Waals surface area contributed by atoms with Crippen LogP contribution in [0.15, 0.2) is 30.3 Å². The highest BCUT2D eigenvalue weighted by molar-refractivity contribution is 5.89. The van der Waals surface area contributed by atoms with Crippen molar-refractivity contribution in [2.45, 2.75) is 90.8 Å². The summed E-state index contributed by atoms with van der Waals surface area (Å²) in [4.78, 5) is 12.3. The summed E-state index contributed by atoms with van der Waals surface area (Å²) >= 11 is 0. The molecule has 150 valence electrons. The van der Waals surface area contributed by atoms with Gasteiger partial charge in [-0.05, 0) is 81.8 Å². The summed E-state index contributed by atoms with van der Waals surface area (Å²) in [6, 6.07) is 10.9. The van der Waals surface area contributed by atoms with Gasteiger partial charge in [0.25, 0.3) is 0 Å². The van der Waals surface area contributed by atoms with Crippen molar-refractivity contribution in [1.82, 2.24) is 10.6 Å². The van der Waals surface area contributed by atoms with Crippen molar-refractivity contribution < 1.29 is 4.79 Å². The van der Waals surface area contributed by atoms with E-state index in [4.69, 9.17) is 0 Å². The fourth-order valence-corrected chi connectivity index (χ4v) is 5.54. The van der Waals surface area contributed by atoms with E-state index in [2.05, 4.69) is 43.6 Å². The Morgan fingerprint density at radius 1 is 0.963 bits per heavy atom. The first kappa shape index (κ1) is 20.2. The fourth-order valence-electron chi connectivity index (χ4n) is 5.54. The van der Waals surface area contributed by atoms with Crippen LogP contribution in [0.3, 0.4) is 0 Å². The number of urea groups is 1. The molecule has 3 N–H and O–H groups in total. The van der Waals surface area contributed by atoms with Gasteiger partial charge in [-0.2, -0.15) is 0 Å². The predicted octanol–water partition coefficient (Wildman–Crippen LogP) is 5.31. The lowest BCUT2D eigenvalue weighted by molar-refractivity contribution is -0.0386. The minimum Gasteiger partial charge on any atom is -0.335 e. The number of nitrogens with one attached hydrogen (secondary N) is 3. The average Bonchev–Trinajstić information content (AvgIpc) is 2.63. The van der Waals surface area contributed by atoms with Crippen molar-refractivity contribution in [3.05, 3.63) is 30.3 Å². The van der Waals surface area contributed by atoms with E-state index in [0.717, 1.165) is 12.1 Å². The van der Waals surface area contributed by atoms with Crippen molar-refractivity contribution in [2.24, 2.45) is 10.8 Å². The van der Waals surface area contributed by atoms with Crippen LogP contribution in [0.2, 0.25) is 0 Å². The van der Waals surface area contributed by atoms with Gasteiger partial charge >= 0.3 is 6.03 Å². The fraction of sp³-hybridized carbons (Fsp3) is 0.696. The lowest BCUT2D eigenvalue weighted by Crippen LogP contribution is -2.54. The summed E-state index contributed by atoms with van der Waals surface area (Å²) in [7, 11) is 0. The SMILES string of the molecule is CC(C)NC(C)C12CCC(CC(C)NC(=O)Nc3ccccc3)(CC1)CC2. The molecule has 0 spiro atoms. The van der Waals surface area contributed by atoms with Gasteiger partial charge in [-0.1, -0.05) is 32.0 Å². The molecular formula is C23H37N3O. The zero-order valence-electron chi connectivity index (χ0n) is 17.5. The maximum atomic E-state index is 12.3. The van der Waals surface area contributed by atoms with Crippen molar-refractivity contribution in [1.29, 1.82) is 0 Å². The van der Waals surface area contributed by atoms with E-state index >= 15 is 0 Å². The highest BCUT2D eigenvalue weighted by atomic mass is 16.2. The summed E-state index contributed by atoms with van der Waals surface area (Å²) in [6.07, 6.45) is 9.01. The quantitative estimate of drug-likeness (QED) is 0.608. The first-order valence-corrected chi connectivity index (χ1v) is 10.7. The Kier molecular flexibility index (Phi) is 6.15. The van der Waals surface area contributed by atoms with Gasteiger partial charge in [0.1, 0.15) is 0 Å². The van der Waals surface area contributed by atoms with Crippen LogP contribution in [-0.2, 0) is 0 Å². The molecule has 2 bridgehead atoms. The van der Waals surface area contributed by atoms with Gasteiger partial charge in [0.2, 0.25) is 0 Å². The molecule has 3 aliphatic carbocycles. The highest BCUT2D eigenvalue weighted by Crippen LogP contribution is 2.59. The number of benzene rings is 1. The van der Waals surface area contributed by atoms with Crippen molar-refractivity contribution in [2.75, 3.05) is 5.32 Å². The van der Waals surface area contributed by atoms with Crippen LogP contribution in [0.4, 0.5) is 10.5 Å². The number of hydrogen-bond donors (Lipinski definition) is 3. The maximum absolute atomic E-state index is 12.3. The molecule has 0 saturated heterocycles. The number of anilines is 1. The summed E-state index contributed by atoms with van der Waals surface area (Å²) in [5.74, 6) is 0. The predicted molar refractivity (Wildman–Crippen MR) is 113 cm³/mol. The number of para-hydroxylation sites is 1. The molecule has 3 fully saturated rings. The van der Waals surface area contributed by atoms with Crippen LogP contribution < -0.4 is 16.0 Å². The third-order valence-corrected chi connectivity index (χ3v) is 7.11. The molecule has 2 amide bonds. The van der Waals surface area contributed by atoms with E-state index in [9.17, 15) is 4.79 Å². The van der Waals surface area contributed by atoms with Gasteiger partial charge in [-0.15, -0.1) is 0 Å². The smallest absolute Gasteiger partial charge is 0.319 e. The van der Waals surface area contributed by atoms with Gasteiger partial charge in [0, 0.05) is 23.8 Å². The highest BCUT2D eigenvalue weighted by Gasteiger charge is 2.51. The van der Waals surface area contributed by atoms with Crippen LogP contribution in [0.1, 0.15) is 72.6 Å². The van der Waals surface area contributed by atoms with Gasteiger partial charge in [0.15, 0.2) is 0 Å². The zero-order chi connectivity index (χ0) is 19.5. The topological polar surface area (TPSA) is 53.2 Å². The Morgan fingerprint density at radius 2 is 1.56 bits per heavy atom. The van der Waals surface area contributed by atoms with Crippen LogP contribution >= 0.6 is 0 Å². The van der Waals surface area contributed by atoms with E-state index in [1.807, 2.05) is 30.3 Å². The molecule has 27 heavy (non-hydrogen) atoms. The van der Waals surface area contributed by atoms with E-state index < -0.39 is 0 Å². The molecule has 3 saturated carbocycles. The molecule has 0 aliphatic heterocycles. The molecule has 1 aromatic carbocycles. The molecule has 2 unspecified atom stereocenters. The van der Waals surface area contributed by atoms with Gasteiger partial charge < -0.3 is 16.0 Å². The Hall–Kier alpha value is -1.55. The number of carbonyl (C=O) groups is 1. The van der Waals surface area contributed by atoms with Gasteiger partial charge in [-0.25, -0.2) is 4.79 Å². The Labute approximate surface area is 164 Å². The van der Waals surface area contributed by atoms with Crippen LogP contribution in [0, 0.1) is 10.8 Å². The lowest BCUT2D eigenvalue weighted by atomic mass is 9.50. The van der Waals surface area contributed by atoms with E-state index in [1.165, 1.54) is 38.5 Å². The van der Waals surface area contributed by atoms with Crippen LogP contribution in [0.25, 0.3) is 0 Å². The Balaban J connectivity index is 1.50. The van der Waals surface area contributed by atoms with Crippen molar-refractivity contribution in [3.8, 4) is 0 Å².